The molecule has 2 N–H and O–H groups in total. The van der Waals surface area contributed by atoms with Gasteiger partial charge in [-0.3, -0.25) is 0 Å². The first-order valence-electron chi connectivity index (χ1n) is 6.71. The third kappa shape index (κ3) is 1.95. The predicted molar refractivity (Wildman–Crippen MR) is 75.6 cm³/mol. The summed E-state index contributed by atoms with van der Waals surface area (Å²) in [7, 11) is 0. The van der Waals surface area contributed by atoms with Crippen molar-refractivity contribution in [2.45, 2.75) is 20.0 Å². The molecule has 21 heavy (non-hydrogen) atoms. The number of aromatic nitrogens is 3. The van der Waals surface area contributed by atoms with Crippen molar-refractivity contribution in [3.8, 4) is 11.6 Å². The van der Waals surface area contributed by atoms with Gasteiger partial charge in [0.15, 0.2) is 11.6 Å². The number of nitrogens with zero attached hydrogens (tertiary/aromatic N) is 2. The Hall–Kier alpha value is -2.47. The molecule has 4 rings (SSSR count). The minimum atomic E-state index is -0.379. The monoisotopic (exact) mass is 284 g/mol. The number of aromatic amines is 1. The maximum absolute atomic E-state index is 14.5. The van der Waals surface area contributed by atoms with E-state index in [1.54, 1.807) is 18.2 Å². The zero-order valence-electron chi connectivity index (χ0n) is 11.4. The van der Waals surface area contributed by atoms with Crippen LogP contribution in [0.3, 0.4) is 0 Å². The summed E-state index contributed by atoms with van der Waals surface area (Å²) in [5, 5.41) is 3.70. The Balaban J connectivity index is 1.78. The summed E-state index contributed by atoms with van der Waals surface area (Å²) in [6.07, 6.45) is 1.44. The molecular formula is C15H13FN4O. The topological polar surface area (TPSA) is 62.8 Å². The zero-order chi connectivity index (χ0) is 14.4. The molecule has 1 aliphatic rings. The number of fused-ring (bicyclic) bond motifs is 2. The minimum Gasteiger partial charge on any atom is -0.435 e. The van der Waals surface area contributed by atoms with Crippen LogP contribution in [-0.2, 0) is 13.1 Å². The Morgan fingerprint density at radius 2 is 2.14 bits per heavy atom. The summed E-state index contributed by atoms with van der Waals surface area (Å²) in [6, 6.07) is 5.19. The van der Waals surface area contributed by atoms with Crippen LogP contribution in [0.25, 0.3) is 10.9 Å². The molecule has 0 aliphatic carbocycles. The van der Waals surface area contributed by atoms with Crippen LogP contribution in [-0.4, -0.2) is 15.0 Å². The first-order valence-corrected chi connectivity index (χ1v) is 6.71. The van der Waals surface area contributed by atoms with Crippen LogP contribution >= 0.6 is 0 Å². The first-order chi connectivity index (χ1) is 10.2. The first kappa shape index (κ1) is 12.3. The molecule has 0 unspecified atom stereocenters. The van der Waals surface area contributed by atoms with Crippen molar-refractivity contribution < 1.29 is 9.13 Å². The highest BCUT2D eigenvalue weighted by atomic mass is 19.1. The van der Waals surface area contributed by atoms with Crippen molar-refractivity contribution in [2.24, 2.45) is 0 Å². The summed E-state index contributed by atoms with van der Waals surface area (Å²) in [6.45, 7) is 3.22. The quantitative estimate of drug-likeness (QED) is 0.759. The van der Waals surface area contributed by atoms with E-state index in [-0.39, 0.29) is 11.6 Å². The van der Waals surface area contributed by atoms with E-state index < -0.39 is 0 Å². The molecule has 1 aromatic carbocycles. The molecular weight excluding hydrogens is 271 g/mol. The lowest BCUT2D eigenvalue weighted by Gasteiger charge is -2.09. The van der Waals surface area contributed by atoms with Crippen LogP contribution in [0.2, 0.25) is 0 Å². The number of benzene rings is 1. The summed E-state index contributed by atoms with van der Waals surface area (Å²) in [4.78, 5) is 11.4. The highest BCUT2D eigenvalue weighted by molar-refractivity contribution is 5.82. The summed E-state index contributed by atoms with van der Waals surface area (Å²) in [5.41, 5.74) is 3.46. The Kier molecular flexibility index (Phi) is 2.65. The van der Waals surface area contributed by atoms with Gasteiger partial charge in [0.25, 0.3) is 0 Å². The number of halogens is 1. The van der Waals surface area contributed by atoms with Crippen LogP contribution < -0.4 is 10.1 Å². The van der Waals surface area contributed by atoms with Crippen molar-refractivity contribution in [1.29, 1.82) is 0 Å². The maximum Gasteiger partial charge on any atom is 0.227 e. The second-order valence-corrected chi connectivity index (χ2v) is 5.10. The number of rotatable bonds is 2. The van der Waals surface area contributed by atoms with Crippen molar-refractivity contribution >= 4 is 10.9 Å². The van der Waals surface area contributed by atoms with Crippen LogP contribution in [0.4, 0.5) is 4.39 Å². The number of nitrogens with one attached hydrogen (secondary N) is 2. The van der Waals surface area contributed by atoms with Gasteiger partial charge in [0.05, 0.1) is 11.3 Å². The molecule has 3 aromatic rings. The average molecular weight is 284 g/mol. The maximum atomic E-state index is 14.5. The average Bonchev–Trinajstić information content (AvgIpc) is 3.08. The molecule has 0 fully saturated rings. The molecule has 1 aliphatic heterocycles. The van der Waals surface area contributed by atoms with E-state index in [1.807, 2.05) is 6.92 Å². The molecule has 0 radical (unpaired) electrons. The van der Waals surface area contributed by atoms with Crippen molar-refractivity contribution in [3.63, 3.8) is 0 Å². The van der Waals surface area contributed by atoms with Gasteiger partial charge in [-0.25, -0.2) is 14.4 Å². The largest absolute Gasteiger partial charge is 0.435 e. The predicted octanol–water partition coefficient (Wildman–Crippen LogP) is 2.80. The smallest absolute Gasteiger partial charge is 0.227 e. The summed E-state index contributed by atoms with van der Waals surface area (Å²) >= 11 is 0. The molecule has 0 atom stereocenters. The minimum absolute atomic E-state index is 0.175. The van der Waals surface area contributed by atoms with Gasteiger partial charge in [0, 0.05) is 29.7 Å². The summed E-state index contributed by atoms with van der Waals surface area (Å²) in [5.74, 6) is 0.208. The second kappa shape index (κ2) is 4.53. The van der Waals surface area contributed by atoms with E-state index in [1.165, 1.54) is 6.33 Å². The van der Waals surface area contributed by atoms with Gasteiger partial charge in [-0.05, 0) is 25.1 Å². The van der Waals surface area contributed by atoms with Gasteiger partial charge in [0.2, 0.25) is 5.88 Å². The van der Waals surface area contributed by atoms with E-state index in [0.717, 1.165) is 22.5 Å². The number of ether oxygens (including phenoxy) is 1. The van der Waals surface area contributed by atoms with E-state index >= 15 is 0 Å². The van der Waals surface area contributed by atoms with E-state index in [2.05, 4.69) is 20.3 Å². The highest BCUT2D eigenvalue weighted by Crippen LogP contribution is 2.32. The molecule has 2 aromatic heterocycles. The SMILES string of the molecule is Cc1cc2c(F)c(Oc3ncnc4c3CNC4)ccc2[nH]1. The lowest BCUT2D eigenvalue weighted by Crippen LogP contribution is -2.01. The Morgan fingerprint density at radius 3 is 3.05 bits per heavy atom. The van der Waals surface area contributed by atoms with Gasteiger partial charge < -0.3 is 15.0 Å². The van der Waals surface area contributed by atoms with Gasteiger partial charge in [-0.2, -0.15) is 0 Å². The Labute approximate surface area is 120 Å². The van der Waals surface area contributed by atoms with E-state index in [9.17, 15) is 4.39 Å². The number of hydrogen-bond donors (Lipinski definition) is 2. The van der Waals surface area contributed by atoms with Gasteiger partial charge in [-0.15, -0.1) is 0 Å². The lowest BCUT2D eigenvalue weighted by atomic mass is 10.2. The molecule has 3 heterocycles. The lowest BCUT2D eigenvalue weighted by molar-refractivity contribution is 0.424. The van der Waals surface area contributed by atoms with E-state index in [0.29, 0.717) is 24.4 Å². The molecule has 0 spiro atoms. The third-order valence-electron chi connectivity index (χ3n) is 3.63. The molecule has 0 saturated heterocycles. The van der Waals surface area contributed by atoms with Crippen molar-refractivity contribution in [3.05, 3.63) is 47.3 Å². The number of hydrogen-bond acceptors (Lipinski definition) is 4. The normalized spacial score (nSPS) is 13.6. The fourth-order valence-corrected chi connectivity index (χ4v) is 2.63. The fourth-order valence-electron chi connectivity index (χ4n) is 2.63. The van der Waals surface area contributed by atoms with Gasteiger partial charge in [-0.1, -0.05) is 0 Å². The Morgan fingerprint density at radius 1 is 1.24 bits per heavy atom. The van der Waals surface area contributed by atoms with Crippen LogP contribution in [0.1, 0.15) is 17.0 Å². The standard InChI is InChI=1S/C15H13FN4O/c1-8-4-9-11(20-8)2-3-13(14(9)16)21-15-10-5-17-6-12(10)18-7-19-15/h2-4,7,17,20H,5-6H2,1H3. The molecule has 5 nitrogen and oxygen atoms in total. The summed E-state index contributed by atoms with van der Waals surface area (Å²) < 4.78 is 20.2. The molecule has 0 amide bonds. The van der Waals surface area contributed by atoms with Crippen molar-refractivity contribution in [2.75, 3.05) is 0 Å². The van der Waals surface area contributed by atoms with E-state index in [4.69, 9.17) is 4.74 Å². The zero-order valence-corrected chi connectivity index (χ0v) is 11.4. The molecule has 0 bridgehead atoms. The second-order valence-electron chi connectivity index (χ2n) is 5.10. The van der Waals surface area contributed by atoms with Crippen LogP contribution in [0.5, 0.6) is 11.6 Å². The molecule has 106 valence electrons. The number of aryl methyl sites for hydroxylation is 1. The molecule has 6 heteroatoms. The highest BCUT2D eigenvalue weighted by Gasteiger charge is 2.19. The Bertz CT molecular complexity index is 843. The van der Waals surface area contributed by atoms with Crippen LogP contribution in [0.15, 0.2) is 24.5 Å². The van der Waals surface area contributed by atoms with Gasteiger partial charge >= 0.3 is 0 Å². The van der Waals surface area contributed by atoms with Crippen LogP contribution in [0, 0.1) is 12.7 Å². The third-order valence-corrected chi connectivity index (χ3v) is 3.63. The number of H-pyrrole nitrogens is 1. The fraction of sp³-hybridized carbons (Fsp3) is 0.200. The molecule has 0 saturated carbocycles. The van der Waals surface area contributed by atoms with Gasteiger partial charge in [0.1, 0.15) is 6.33 Å². The van der Waals surface area contributed by atoms with Crippen molar-refractivity contribution in [1.82, 2.24) is 20.3 Å².